The maximum atomic E-state index is 11.8. The Hall–Kier alpha value is -0.660. The van der Waals surface area contributed by atoms with Gasteiger partial charge in [0.2, 0.25) is 15.9 Å². The molecule has 0 unspecified atom stereocenters. The molecule has 0 atom stereocenters. The Balaban J connectivity index is 2.39. The number of carbonyl (C=O) groups excluding carboxylic acids is 1. The van der Waals surface area contributed by atoms with E-state index in [4.69, 9.17) is 0 Å². The van der Waals surface area contributed by atoms with Gasteiger partial charge in [-0.25, -0.2) is 8.42 Å². The highest BCUT2D eigenvalue weighted by Crippen LogP contribution is 2.07. The second-order valence-corrected chi connectivity index (χ2v) is 6.58. The minimum Gasteiger partial charge on any atom is -0.340 e. The van der Waals surface area contributed by atoms with Gasteiger partial charge in [0.05, 0.1) is 6.26 Å². The van der Waals surface area contributed by atoms with Crippen molar-refractivity contribution in [3.05, 3.63) is 0 Å². The lowest BCUT2D eigenvalue weighted by Crippen LogP contribution is -2.50. The van der Waals surface area contributed by atoms with Crippen LogP contribution in [0.15, 0.2) is 0 Å². The molecule has 0 N–H and O–H groups in total. The van der Waals surface area contributed by atoms with E-state index in [-0.39, 0.29) is 5.91 Å². The Kier molecular flexibility index (Phi) is 4.91. The van der Waals surface area contributed by atoms with Crippen LogP contribution in [0.25, 0.3) is 0 Å². The normalized spacial score (nSPS) is 18.7. The molecule has 1 fully saturated rings. The Morgan fingerprint density at radius 1 is 1.18 bits per heavy atom. The number of hydrogen-bond donors (Lipinski definition) is 0. The zero-order chi connectivity index (χ0) is 13.1. The van der Waals surface area contributed by atoms with Crippen molar-refractivity contribution in [3.63, 3.8) is 0 Å². The minimum atomic E-state index is -3.11. The van der Waals surface area contributed by atoms with Crippen molar-refractivity contribution in [3.8, 4) is 0 Å². The first-order chi connectivity index (χ1) is 7.80. The molecular formula is C10H21N3O3S. The van der Waals surface area contributed by atoms with Gasteiger partial charge in [-0.15, -0.1) is 0 Å². The summed E-state index contributed by atoms with van der Waals surface area (Å²) >= 11 is 0. The molecule has 0 radical (unpaired) electrons. The smallest absolute Gasteiger partial charge is 0.223 e. The van der Waals surface area contributed by atoms with E-state index < -0.39 is 10.0 Å². The van der Waals surface area contributed by atoms with Gasteiger partial charge in [0.1, 0.15) is 0 Å². The fourth-order valence-corrected chi connectivity index (χ4v) is 2.57. The standard InChI is InChI=1S/C10H21N3O3S/c1-11(2)5-4-10(14)12-6-8-13(9-7-12)17(3,15)16/h4-9H2,1-3H3. The van der Waals surface area contributed by atoms with Crippen LogP contribution in [-0.4, -0.2) is 81.5 Å². The highest BCUT2D eigenvalue weighted by molar-refractivity contribution is 7.88. The lowest BCUT2D eigenvalue weighted by molar-refractivity contribution is -0.132. The Labute approximate surface area is 103 Å². The van der Waals surface area contributed by atoms with Crippen molar-refractivity contribution in [1.82, 2.24) is 14.1 Å². The summed E-state index contributed by atoms with van der Waals surface area (Å²) in [5, 5.41) is 0. The number of rotatable bonds is 4. The molecule has 6 nitrogen and oxygen atoms in total. The molecule has 1 saturated heterocycles. The van der Waals surface area contributed by atoms with E-state index in [0.29, 0.717) is 32.6 Å². The molecule has 100 valence electrons. The first-order valence-corrected chi connectivity index (χ1v) is 7.53. The third-order valence-electron chi connectivity index (χ3n) is 2.83. The Morgan fingerprint density at radius 3 is 2.12 bits per heavy atom. The summed E-state index contributed by atoms with van der Waals surface area (Å²) in [6, 6.07) is 0. The number of sulfonamides is 1. The van der Waals surface area contributed by atoms with Crippen LogP contribution in [0, 0.1) is 0 Å². The summed E-state index contributed by atoms with van der Waals surface area (Å²) in [6.07, 6.45) is 1.70. The first-order valence-electron chi connectivity index (χ1n) is 5.68. The van der Waals surface area contributed by atoms with Crippen molar-refractivity contribution >= 4 is 15.9 Å². The van der Waals surface area contributed by atoms with Crippen LogP contribution in [0.4, 0.5) is 0 Å². The maximum absolute atomic E-state index is 11.8. The van der Waals surface area contributed by atoms with Crippen LogP contribution in [0.3, 0.4) is 0 Å². The van der Waals surface area contributed by atoms with Crippen molar-refractivity contribution in [2.45, 2.75) is 6.42 Å². The van der Waals surface area contributed by atoms with Gasteiger partial charge in [0, 0.05) is 39.1 Å². The van der Waals surface area contributed by atoms with Gasteiger partial charge in [-0.3, -0.25) is 4.79 Å². The summed E-state index contributed by atoms with van der Waals surface area (Å²) in [4.78, 5) is 15.5. The molecule has 1 aliphatic heterocycles. The van der Waals surface area contributed by atoms with Gasteiger partial charge < -0.3 is 9.80 Å². The minimum absolute atomic E-state index is 0.104. The number of carbonyl (C=O) groups is 1. The van der Waals surface area contributed by atoms with Gasteiger partial charge in [0.15, 0.2) is 0 Å². The third-order valence-corrected chi connectivity index (χ3v) is 4.14. The fraction of sp³-hybridized carbons (Fsp3) is 0.900. The third kappa shape index (κ3) is 4.61. The van der Waals surface area contributed by atoms with Crippen LogP contribution in [0.2, 0.25) is 0 Å². The molecule has 1 aliphatic rings. The van der Waals surface area contributed by atoms with Crippen molar-refractivity contribution < 1.29 is 13.2 Å². The van der Waals surface area contributed by atoms with E-state index in [2.05, 4.69) is 0 Å². The maximum Gasteiger partial charge on any atom is 0.223 e. The van der Waals surface area contributed by atoms with Crippen LogP contribution in [0.1, 0.15) is 6.42 Å². The van der Waals surface area contributed by atoms with Crippen LogP contribution < -0.4 is 0 Å². The van der Waals surface area contributed by atoms with Crippen molar-refractivity contribution in [1.29, 1.82) is 0 Å². The number of amides is 1. The van der Waals surface area contributed by atoms with E-state index in [0.717, 1.165) is 6.54 Å². The molecule has 0 spiro atoms. The summed E-state index contributed by atoms with van der Waals surface area (Å²) in [5.41, 5.74) is 0. The van der Waals surface area contributed by atoms with Crippen LogP contribution >= 0.6 is 0 Å². The molecule has 17 heavy (non-hydrogen) atoms. The van der Waals surface area contributed by atoms with Crippen molar-refractivity contribution in [2.24, 2.45) is 0 Å². The predicted molar refractivity (Wildman–Crippen MR) is 66.2 cm³/mol. The van der Waals surface area contributed by atoms with E-state index >= 15 is 0 Å². The topological polar surface area (TPSA) is 60.9 Å². The number of piperazine rings is 1. The molecule has 0 aliphatic carbocycles. The highest BCUT2D eigenvalue weighted by atomic mass is 32.2. The summed E-state index contributed by atoms with van der Waals surface area (Å²) in [6.45, 7) is 2.54. The molecule has 0 aromatic heterocycles. The van der Waals surface area contributed by atoms with Gasteiger partial charge in [-0.05, 0) is 14.1 Å². The molecule has 1 amide bonds. The second-order valence-electron chi connectivity index (χ2n) is 4.60. The molecule has 1 rings (SSSR count). The van der Waals surface area contributed by atoms with Crippen LogP contribution in [0.5, 0.6) is 0 Å². The molecule has 1 heterocycles. The molecular weight excluding hydrogens is 242 g/mol. The van der Waals surface area contributed by atoms with Crippen molar-refractivity contribution in [2.75, 3.05) is 53.1 Å². The Morgan fingerprint density at radius 2 is 1.71 bits per heavy atom. The lowest BCUT2D eigenvalue weighted by Gasteiger charge is -2.33. The van der Waals surface area contributed by atoms with E-state index in [9.17, 15) is 13.2 Å². The van der Waals surface area contributed by atoms with Gasteiger partial charge in [0.25, 0.3) is 0 Å². The largest absolute Gasteiger partial charge is 0.340 e. The molecule has 0 bridgehead atoms. The number of nitrogens with zero attached hydrogens (tertiary/aromatic N) is 3. The molecule has 0 aromatic carbocycles. The summed E-state index contributed by atoms with van der Waals surface area (Å²) in [5.74, 6) is 0.104. The van der Waals surface area contributed by atoms with Gasteiger partial charge in [-0.2, -0.15) is 4.31 Å². The van der Waals surface area contributed by atoms with E-state index in [1.54, 1.807) is 4.90 Å². The quantitative estimate of drug-likeness (QED) is 0.655. The monoisotopic (exact) mass is 263 g/mol. The fourth-order valence-electron chi connectivity index (χ4n) is 1.75. The van der Waals surface area contributed by atoms with E-state index in [1.807, 2.05) is 19.0 Å². The van der Waals surface area contributed by atoms with E-state index in [1.165, 1.54) is 10.6 Å². The first kappa shape index (κ1) is 14.4. The van der Waals surface area contributed by atoms with Gasteiger partial charge in [-0.1, -0.05) is 0 Å². The molecule has 7 heteroatoms. The SMILES string of the molecule is CN(C)CCC(=O)N1CCN(S(C)(=O)=O)CC1. The predicted octanol–water partition coefficient (Wildman–Crippen LogP) is -0.958. The second kappa shape index (κ2) is 5.79. The highest BCUT2D eigenvalue weighted by Gasteiger charge is 2.25. The van der Waals surface area contributed by atoms with Gasteiger partial charge >= 0.3 is 0 Å². The lowest BCUT2D eigenvalue weighted by atomic mass is 10.3. The number of hydrogen-bond acceptors (Lipinski definition) is 4. The Bertz CT molecular complexity index is 359. The molecule has 0 saturated carbocycles. The summed E-state index contributed by atoms with van der Waals surface area (Å²) < 4.78 is 24.0. The summed E-state index contributed by atoms with van der Waals surface area (Å²) in [7, 11) is 0.737. The zero-order valence-electron chi connectivity index (χ0n) is 10.7. The van der Waals surface area contributed by atoms with Crippen LogP contribution in [-0.2, 0) is 14.8 Å². The molecule has 0 aromatic rings. The zero-order valence-corrected chi connectivity index (χ0v) is 11.5. The average molecular weight is 263 g/mol. The average Bonchev–Trinajstić information content (AvgIpc) is 2.25.